The summed E-state index contributed by atoms with van der Waals surface area (Å²) in [6.07, 6.45) is 12.5. The van der Waals surface area contributed by atoms with E-state index < -0.39 is 5.97 Å². The molecule has 2 heteroatoms. The average Bonchev–Trinajstić information content (AvgIpc) is 2.33. The van der Waals surface area contributed by atoms with Gasteiger partial charge in [-0.2, -0.15) is 0 Å². The number of carboxylic acid groups (broad SMARTS) is 1. The third-order valence-electron chi connectivity index (χ3n) is 3.96. The maximum atomic E-state index is 10.8. The van der Waals surface area contributed by atoms with Gasteiger partial charge in [-0.15, -0.1) is 0 Å². The van der Waals surface area contributed by atoms with Gasteiger partial charge in [-0.05, 0) is 24.7 Å². The molecule has 0 bridgehead atoms. The second-order valence-electron chi connectivity index (χ2n) is 5.97. The smallest absolute Gasteiger partial charge is 0.303 e. The van der Waals surface area contributed by atoms with Crippen LogP contribution in [0, 0.1) is 5.41 Å². The Hall–Kier alpha value is -0.530. The van der Waals surface area contributed by atoms with Gasteiger partial charge in [0.25, 0.3) is 0 Å². The van der Waals surface area contributed by atoms with E-state index in [1.165, 1.54) is 57.8 Å². The molecule has 0 spiro atoms. The summed E-state index contributed by atoms with van der Waals surface area (Å²) < 4.78 is 0. The van der Waals surface area contributed by atoms with Crippen LogP contribution >= 0.6 is 0 Å². The average molecular weight is 256 g/mol. The lowest BCUT2D eigenvalue weighted by Crippen LogP contribution is -2.18. The van der Waals surface area contributed by atoms with E-state index in [9.17, 15) is 4.79 Å². The van der Waals surface area contributed by atoms with Crippen molar-refractivity contribution in [3.8, 4) is 0 Å². The van der Waals surface area contributed by atoms with Crippen molar-refractivity contribution in [1.29, 1.82) is 0 Å². The van der Waals surface area contributed by atoms with Gasteiger partial charge in [-0.25, -0.2) is 0 Å². The molecule has 1 atom stereocenters. The van der Waals surface area contributed by atoms with Crippen LogP contribution in [0.3, 0.4) is 0 Å². The molecule has 18 heavy (non-hydrogen) atoms. The highest BCUT2D eigenvalue weighted by molar-refractivity contribution is 5.66. The fraction of sp³-hybridized carbons (Fsp3) is 0.938. The van der Waals surface area contributed by atoms with Crippen LogP contribution in [0.5, 0.6) is 0 Å². The molecule has 1 unspecified atom stereocenters. The lowest BCUT2D eigenvalue weighted by atomic mass is 9.76. The topological polar surface area (TPSA) is 37.3 Å². The van der Waals surface area contributed by atoms with Crippen LogP contribution in [-0.4, -0.2) is 11.1 Å². The van der Waals surface area contributed by atoms with Crippen LogP contribution in [0.25, 0.3) is 0 Å². The summed E-state index contributed by atoms with van der Waals surface area (Å²) in [6, 6.07) is 0. The van der Waals surface area contributed by atoms with E-state index >= 15 is 0 Å². The minimum absolute atomic E-state index is 0.251. The molecular formula is C16H32O2. The zero-order valence-corrected chi connectivity index (χ0v) is 12.6. The number of unbranched alkanes of at least 4 members (excludes halogenated alkanes) is 5. The number of hydrogen-bond acceptors (Lipinski definition) is 1. The van der Waals surface area contributed by atoms with Gasteiger partial charge in [0.05, 0.1) is 0 Å². The summed E-state index contributed by atoms with van der Waals surface area (Å²) in [6.45, 7) is 6.73. The van der Waals surface area contributed by atoms with Gasteiger partial charge < -0.3 is 5.11 Å². The van der Waals surface area contributed by atoms with E-state index in [4.69, 9.17) is 5.11 Å². The molecule has 0 aliphatic heterocycles. The molecule has 2 nitrogen and oxygen atoms in total. The van der Waals surface area contributed by atoms with Crippen molar-refractivity contribution < 1.29 is 9.90 Å². The molecule has 0 saturated heterocycles. The SMILES string of the molecule is CCCCCCC(C)(CCCCC)CCC(=O)O. The molecule has 0 rings (SSSR count). The van der Waals surface area contributed by atoms with E-state index in [-0.39, 0.29) is 5.41 Å². The Bertz CT molecular complexity index is 213. The second-order valence-corrected chi connectivity index (χ2v) is 5.97. The Morgan fingerprint density at radius 3 is 1.89 bits per heavy atom. The third-order valence-corrected chi connectivity index (χ3v) is 3.96. The minimum atomic E-state index is -0.648. The van der Waals surface area contributed by atoms with Crippen molar-refractivity contribution in [1.82, 2.24) is 0 Å². The molecule has 0 aromatic heterocycles. The van der Waals surface area contributed by atoms with Crippen LogP contribution in [-0.2, 0) is 4.79 Å². The third kappa shape index (κ3) is 9.49. The monoisotopic (exact) mass is 256 g/mol. The number of aliphatic carboxylic acids is 1. The summed E-state index contributed by atoms with van der Waals surface area (Å²) in [7, 11) is 0. The molecule has 0 saturated carbocycles. The van der Waals surface area contributed by atoms with Crippen molar-refractivity contribution in [3.05, 3.63) is 0 Å². The predicted octanol–water partition coefficient (Wildman–Crippen LogP) is 5.41. The van der Waals surface area contributed by atoms with Gasteiger partial charge >= 0.3 is 5.97 Å². The van der Waals surface area contributed by atoms with Gasteiger partial charge in [0.15, 0.2) is 0 Å². The van der Waals surface area contributed by atoms with E-state index in [1.807, 2.05) is 0 Å². The number of rotatable bonds is 12. The van der Waals surface area contributed by atoms with Gasteiger partial charge in [0.1, 0.15) is 0 Å². The molecule has 0 aliphatic rings. The lowest BCUT2D eigenvalue weighted by molar-refractivity contribution is -0.137. The summed E-state index contributed by atoms with van der Waals surface area (Å²) in [5, 5.41) is 8.86. The Morgan fingerprint density at radius 2 is 1.39 bits per heavy atom. The quantitative estimate of drug-likeness (QED) is 0.474. The maximum Gasteiger partial charge on any atom is 0.303 e. The first-order chi connectivity index (χ1) is 8.54. The van der Waals surface area contributed by atoms with Crippen LogP contribution < -0.4 is 0 Å². The normalized spacial score (nSPS) is 14.4. The van der Waals surface area contributed by atoms with Crippen molar-refractivity contribution in [2.45, 2.75) is 91.4 Å². The van der Waals surface area contributed by atoms with E-state index in [1.54, 1.807) is 0 Å². The highest BCUT2D eigenvalue weighted by Crippen LogP contribution is 2.35. The maximum absolute atomic E-state index is 10.8. The zero-order valence-electron chi connectivity index (χ0n) is 12.6. The first kappa shape index (κ1) is 17.5. The van der Waals surface area contributed by atoms with Crippen LogP contribution in [0.1, 0.15) is 91.4 Å². The van der Waals surface area contributed by atoms with E-state index in [0.717, 1.165) is 6.42 Å². The number of carboxylic acids is 1. The molecule has 0 amide bonds. The summed E-state index contributed by atoms with van der Waals surface area (Å²) in [5.41, 5.74) is 0.251. The zero-order chi connectivity index (χ0) is 13.9. The number of carbonyl (C=O) groups is 1. The fourth-order valence-corrected chi connectivity index (χ4v) is 2.56. The minimum Gasteiger partial charge on any atom is -0.481 e. The largest absolute Gasteiger partial charge is 0.481 e. The Morgan fingerprint density at radius 1 is 0.889 bits per heavy atom. The highest BCUT2D eigenvalue weighted by Gasteiger charge is 2.24. The molecule has 1 N–H and O–H groups in total. The summed E-state index contributed by atoms with van der Waals surface area (Å²) in [4.78, 5) is 10.8. The van der Waals surface area contributed by atoms with Crippen molar-refractivity contribution in [2.24, 2.45) is 5.41 Å². The van der Waals surface area contributed by atoms with Crippen LogP contribution in [0.15, 0.2) is 0 Å². The van der Waals surface area contributed by atoms with E-state index in [0.29, 0.717) is 6.42 Å². The van der Waals surface area contributed by atoms with Gasteiger partial charge in [0.2, 0.25) is 0 Å². The molecule has 0 aromatic rings. The predicted molar refractivity (Wildman–Crippen MR) is 77.9 cm³/mol. The molecule has 108 valence electrons. The molecule has 0 aliphatic carbocycles. The van der Waals surface area contributed by atoms with Crippen molar-refractivity contribution in [3.63, 3.8) is 0 Å². The Balaban J connectivity index is 4.07. The summed E-state index contributed by atoms with van der Waals surface area (Å²) >= 11 is 0. The fourth-order valence-electron chi connectivity index (χ4n) is 2.56. The molecule has 0 fully saturated rings. The lowest BCUT2D eigenvalue weighted by Gasteiger charge is -2.29. The molecule has 0 radical (unpaired) electrons. The second kappa shape index (κ2) is 10.4. The highest BCUT2D eigenvalue weighted by atomic mass is 16.4. The van der Waals surface area contributed by atoms with Crippen LogP contribution in [0.4, 0.5) is 0 Å². The standard InChI is InChI=1S/C16H32O2/c1-4-6-8-10-13-16(3,12-9-7-5-2)14-11-15(17)18/h4-14H2,1-3H3,(H,17,18). The van der Waals surface area contributed by atoms with Gasteiger partial charge in [-0.3, -0.25) is 4.79 Å². The Labute approximate surface area is 113 Å². The molecule has 0 aromatic carbocycles. The van der Waals surface area contributed by atoms with Crippen molar-refractivity contribution in [2.75, 3.05) is 0 Å². The van der Waals surface area contributed by atoms with E-state index in [2.05, 4.69) is 20.8 Å². The number of hydrogen-bond donors (Lipinski definition) is 1. The first-order valence-electron chi connectivity index (χ1n) is 7.76. The van der Waals surface area contributed by atoms with Crippen LogP contribution in [0.2, 0.25) is 0 Å². The molecular weight excluding hydrogens is 224 g/mol. The Kier molecular flexibility index (Phi) is 10.1. The van der Waals surface area contributed by atoms with Gasteiger partial charge in [0, 0.05) is 6.42 Å². The summed E-state index contributed by atoms with van der Waals surface area (Å²) in [5.74, 6) is -0.648. The molecule has 0 heterocycles. The van der Waals surface area contributed by atoms with Crippen molar-refractivity contribution >= 4 is 5.97 Å². The van der Waals surface area contributed by atoms with Gasteiger partial charge in [-0.1, -0.05) is 65.7 Å². The first-order valence-corrected chi connectivity index (χ1v) is 7.76.